The van der Waals surface area contributed by atoms with E-state index < -0.39 is 0 Å². The van der Waals surface area contributed by atoms with Crippen LogP contribution in [0.25, 0.3) is 22.9 Å². The number of H-pyrrole nitrogens is 1. The van der Waals surface area contributed by atoms with Crippen molar-refractivity contribution in [2.45, 2.75) is 53.6 Å². The SMILES string of the molecule is CC(C)(C)C1COC(/C=c2\[nH]/c(=C\C3=NC(C(C)(C)C)CO3)c3ccccc23)=N1. The fraction of sp³-hybridized carbons (Fsp3) is 0.500. The van der Waals surface area contributed by atoms with E-state index in [4.69, 9.17) is 19.5 Å². The van der Waals surface area contributed by atoms with Gasteiger partial charge in [-0.2, -0.15) is 0 Å². The minimum absolute atomic E-state index is 0.0912. The first-order chi connectivity index (χ1) is 13.6. The molecular weight excluding hydrogens is 362 g/mol. The Morgan fingerprint density at radius 3 is 1.55 bits per heavy atom. The van der Waals surface area contributed by atoms with E-state index >= 15 is 0 Å². The zero-order valence-corrected chi connectivity index (χ0v) is 18.2. The van der Waals surface area contributed by atoms with Gasteiger partial charge in [0.2, 0.25) is 11.8 Å². The average molecular weight is 394 g/mol. The summed E-state index contributed by atoms with van der Waals surface area (Å²) in [5.74, 6) is 1.37. The predicted octanol–water partition coefficient (Wildman–Crippen LogP) is 3.42. The van der Waals surface area contributed by atoms with Crippen molar-refractivity contribution < 1.29 is 9.47 Å². The third-order valence-corrected chi connectivity index (χ3v) is 5.66. The quantitative estimate of drug-likeness (QED) is 0.850. The van der Waals surface area contributed by atoms with Gasteiger partial charge in [-0.15, -0.1) is 0 Å². The monoisotopic (exact) mass is 393 g/mol. The molecule has 3 heterocycles. The number of fused-ring (bicyclic) bond motifs is 1. The summed E-state index contributed by atoms with van der Waals surface area (Å²) in [5.41, 5.74) is 0.182. The van der Waals surface area contributed by atoms with Crippen molar-refractivity contribution in [1.29, 1.82) is 0 Å². The average Bonchev–Trinajstić information content (AvgIpc) is 3.35. The molecule has 0 saturated carbocycles. The molecule has 154 valence electrons. The molecule has 4 rings (SSSR count). The minimum atomic E-state index is 0.0912. The van der Waals surface area contributed by atoms with E-state index in [0.717, 1.165) is 21.5 Å². The molecule has 5 heteroatoms. The molecule has 1 aromatic carbocycles. The van der Waals surface area contributed by atoms with Crippen molar-refractivity contribution in [3.05, 3.63) is 35.0 Å². The number of rotatable bonds is 2. The van der Waals surface area contributed by atoms with Crippen LogP contribution < -0.4 is 10.7 Å². The lowest BCUT2D eigenvalue weighted by atomic mass is 9.88. The number of ether oxygens (including phenoxy) is 2. The van der Waals surface area contributed by atoms with E-state index in [2.05, 4.69) is 58.7 Å². The van der Waals surface area contributed by atoms with Gasteiger partial charge < -0.3 is 14.5 Å². The molecule has 0 radical (unpaired) electrons. The van der Waals surface area contributed by atoms with Crippen LogP contribution >= 0.6 is 0 Å². The van der Waals surface area contributed by atoms with Crippen LogP contribution in [0.2, 0.25) is 0 Å². The van der Waals surface area contributed by atoms with E-state index in [1.807, 2.05) is 24.3 Å². The van der Waals surface area contributed by atoms with E-state index in [9.17, 15) is 0 Å². The molecule has 2 aromatic rings. The predicted molar refractivity (Wildman–Crippen MR) is 120 cm³/mol. The van der Waals surface area contributed by atoms with Crippen molar-refractivity contribution in [2.75, 3.05) is 13.2 Å². The molecule has 0 saturated heterocycles. The maximum atomic E-state index is 5.85. The standard InChI is InChI=1S/C24H31N3O2/c1-23(2,3)19-13-28-21(26-19)11-17-15-9-7-8-10-16(15)18(25-17)12-22-27-20(14-29-22)24(4,5)6/h7-12,19-20,25H,13-14H2,1-6H3/b17-11-,18-12-. The zero-order valence-electron chi connectivity index (χ0n) is 18.2. The first-order valence-corrected chi connectivity index (χ1v) is 10.3. The lowest BCUT2D eigenvalue weighted by Crippen LogP contribution is -2.25. The zero-order chi connectivity index (χ0) is 20.8. The first kappa shape index (κ1) is 19.7. The number of aliphatic imine (C=N–C) groups is 2. The summed E-state index contributed by atoms with van der Waals surface area (Å²) in [6, 6.07) is 8.67. The van der Waals surface area contributed by atoms with Crippen LogP contribution in [0.5, 0.6) is 0 Å². The molecule has 0 bridgehead atoms. The molecule has 2 aliphatic heterocycles. The Morgan fingerprint density at radius 1 is 0.793 bits per heavy atom. The minimum Gasteiger partial charge on any atom is -0.476 e. The summed E-state index contributed by atoms with van der Waals surface area (Å²) in [6.45, 7) is 14.4. The molecule has 0 amide bonds. The number of aromatic amines is 1. The normalized spacial score (nSPS) is 23.9. The van der Waals surface area contributed by atoms with Crippen molar-refractivity contribution in [3.63, 3.8) is 0 Å². The summed E-state index contributed by atoms with van der Waals surface area (Å²) in [4.78, 5) is 13.1. The number of benzene rings is 1. The third kappa shape index (κ3) is 4.09. The molecule has 2 unspecified atom stereocenters. The largest absolute Gasteiger partial charge is 0.476 e. The van der Waals surface area contributed by atoms with Crippen LogP contribution in [0.4, 0.5) is 0 Å². The van der Waals surface area contributed by atoms with E-state index in [0.29, 0.717) is 25.0 Å². The third-order valence-electron chi connectivity index (χ3n) is 5.66. The van der Waals surface area contributed by atoms with Crippen molar-refractivity contribution >= 4 is 34.7 Å². The molecule has 0 spiro atoms. The lowest BCUT2D eigenvalue weighted by molar-refractivity contribution is 0.237. The van der Waals surface area contributed by atoms with Gasteiger partial charge >= 0.3 is 0 Å². The number of hydrogen-bond donors (Lipinski definition) is 1. The van der Waals surface area contributed by atoms with E-state index in [1.165, 1.54) is 0 Å². The van der Waals surface area contributed by atoms with Gasteiger partial charge in [-0.3, -0.25) is 0 Å². The number of nitrogens with zero attached hydrogens (tertiary/aromatic N) is 2. The second-order valence-corrected chi connectivity index (χ2v) is 10.1. The maximum absolute atomic E-state index is 5.85. The smallest absolute Gasteiger partial charge is 0.211 e. The molecule has 5 nitrogen and oxygen atoms in total. The Labute approximate surface area is 172 Å². The van der Waals surface area contributed by atoms with Crippen LogP contribution in [-0.4, -0.2) is 42.1 Å². The van der Waals surface area contributed by atoms with Crippen LogP contribution in [0, 0.1) is 10.8 Å². The Balaban J connectivity index is 1.76. The molecule has 2 aliphatic rings. The topological polar surface area (TPSA) is 59.0 Å². The fourth-order valence-corrected chi connectivity index (χ4v) is 3.54. The summed E-state index contributed by atoms with van der Waals surface area (Å²) >= 11 is 0. The number of hydrogen-bond acceptors (Lipinski definition) is 4. The van der Waals surface area contributed by atoms with Gasteiger partial charge in [0.25, 0.3) is 0 Å². The van der Waals surface area contributed by atoms with Crippen LogP contribution in [0.15, 0.2) is 34.3 Å². The summed E-state index contributed by atoms with van der Waals surface area (Å²) in [6.07, 6.45) is 4.00. The molecular formula is C24H31N3O2. The van der Waals surface area contributed by atoms with Gasteiger partial charge in [-0.1, -0.05) is 65.8 Å². The highest BCUT2D eigenvalue weighted by Gasteiger charge is 2.30. The van der Waals surface area contributed by atoms with Gasteiger partial charge in [-0.05, 0) is 10.8 Å². The lowest BCUT2D eigenvalue weighted by Gasteiger charge is -2.21. The Morgan fingerprint density at radius 2 is 1.21 bits per heavy atom. The maximum Gasteiger partial charge on any atom is 0.211 e. The Bertz CT molecular complexity index is 1010. The highest BCUT2D eigenvalue weighted by Crippen LogP contribution is 2.27. The van der Waals surface area contributed by atoms with Crippen LogP contribution in [0.3, 0.4) is 0 Å². The second-order valence-electron chi connectivity index (χ2n) is 10.1. The van der Waals surface area contributed by atoms with Crippen molar-refractivity contribution in [2.24, 2.45) is 20.8 Å². The van der Waals surface area contributed by atoms with E-state index in [-0.39, 0.29) is 22.9 Å². The molecule has 2 atom stereocenters. The number of aromatic nitrogens is 1. The number of nitrogens with one attached hydrogen (secondary N) is 1. The molecule has 29 heavy (non-hydrogen) atoms. The first-order valence-electron chi connectivity index (χ1n) is 10.3. The molecule has 0 fully saturated rings. The van der Waals surface area contributed by atoms with E-state index in [1.54, 1.807) is 0 Å². The van der Waals surface area contributed by atoms with Crippen LogP contribution in [0.1, 0.15) is 41.5 Å². The van der Waals surface area contributed by atoms with Crippen molar-refractivity contribution in [3.8, 4) is 0 Å². The van der Waals surface area contributed by atoms with Gasteiger partial charge in [0.1, 0.15) is 13.2 Å². The summed E-state index contributed by atoms with van der Waals surface area (Å²) in [7, 11) is 0. The molecule has 1 aromatic heterocycles. The second kappa shape index (κ2) is 7.05. The van der Waals surface area contributed by atoms with Crippen molar-refractivity contribution in [1.82, 2.24) is 4.98 Å². The highest BCUT2D eigenvalue weighted by atomic mass is 16.5. The van der Waals surface area contributed by atoms with Crippen LogP contribution in [-0.2, 0) is 9.47 Å². The van der Waals surface area contributed by atoms with Gasteiger partial charge in [0.05, 0.1) is 22.8 Å². The summed E-state index contributed by atoms with van der Waals surface area (Å²) in [5, 5.41) is 4.25. The molecule has 1 N–H and O–H groups in total. The summed E-state index contributed by atoms with van der Waals surface area (Å²) < 4.78 is 11.7. The Kier molecular flexibility index (Phi) is 4.80. The molecule has 0 aliphatic carbocycles. The Hall–Kier alpha value is -2.56. The highest BCUT2D eigenvalue weighted by molar-refractivity contribution is 6.09. The van der Waals surface area contributed by atoms with Gasteiger partial charge in [0.15, 0.2) is 0 Å². The fourth-order valence-electron chi connectivity index (χ4n) is 3.54. The van der Waals surface area contributed by atoms with Gasteiger partial charge in [0, 0.05) is 22.9 Å². The van der Waals surface area contributed by atoms with Gasteiger partial charge in [-0.25, -0.2) is 9.98 Å².